The van der Waals surface area contributed by atoms with Crippen LogP contribution in [0.2, 0.25) is 5.02 Å². The SMILES string of the molecule is COc1cc(/C=C2/SC(=S)N(c3cccc(Cl)c3)C2=O)ccc1OS(=O)(=O)c1ccc(C)cc1. The van der Waals surface area contributed by atoms with Crippen LogP contribution < -0.4 is 13.8 Å². The van der Waals surface area contributed by atoms with Crippen LogP contribution in [0.5, 0.6) is 11.5 Å². The van der Waals surface area contributed by atoms with Gasteiger partial charge in [0.15, 0.2) is 15.8 Å². The van der Waals surface area contributed by atoms with E-state index in [1.807, 2.05) is 6.92 Å². The van der Waals surface area contributed by atoms with Gasteiger partial charge in [-0.2, -0.15) is 8.42 Å². The minimum absolute atomic E-state index is 0.0340. The minimum Gasteiger partial charge on any atom is -0.493 e. The summed E-state index contributed by atoms with van der Waals surface area (Å²) in [5.41, 5.74) is 2.13. The molecule has 6 nitrogen and oxygen atoms in total. The van der Waals surface area contributed by atoms with Crippen molar-refractivity contribution in [3.63, 3.8) is 0 Å². The molecule has 3 aromatic carbocycles. The first-order chi connectivity index (χ1) is 16.2. The van der Waals surface area contributed by atoms with Gasteiger partial charge in [0.25, 0.3) is 5.91 Å². The van der Waals surface area contributed by atoms with Gasteiger partial charge >= 0.3 is 10.1 Å². The third-order valence-electron chi connectivity index (χ3n) is 4.85. The maximum atomic E-state index is 13.0. The summed E-state index contributed by atoms with van der Waals surface area (Å²) in [7, 11) is -2.64. The average Bonchev–Trinajstić information content (AvgIpc) is 3.07. The van der Waals surface area contributed by atoms with Crippen LogP contribution in [0.1, 0.15) is 11.1 Å². The van der Waals surface area contributed by atoms with E-state index in [4.69, 9.17) is 32.7 Å². The molecule has 174 valence electrons. The molecule has 0 aliphatic carbocycles. The fraction of sp³-hybridized carbons (Fsp3) is 0.0833. The van der Waals surface area contributed by atoms with Gasteiger partial charge in [0.1, 0.15) is 4.90 Å². The predicted molar refractivity (Wildman–Crippen MR) is 139 cm³/mol. The molecule has 0 saturated carbocycles. The number of hydrogen-bond donors (Lipinski definition) is 0. The fourth-order valence-corrected chi connectivity index (χ4v) is 5.59. The summed E-state index contributed by atoms with van der Waals surface area (Å²) in [5.74, 6) is -0.0417. The molecule has 1 aliphatic heterocycles. The molecule has 4 rings (SSSR count). The smallest absolute Gasteiger partial charge is 0.339 e. The van der Waals surface area contributed by atoms with Gasteiger partial charge in [-0.05, 0) is 61.0 Å². The van der Waals surface area contributed by atoms with Crippen LogP contribution in [-0.4, -0.2) is 25.8 Å². The van der Waals surface area contributed by atoms with Gasteiger partial charge in [0, 0.05) is 5.02 Å². The van der Waals surface area contributed by atoms with Crippen molar-refractivity contribution in [3.05, 3.63) is 87.8 Å². The number of carbonyl (C=O) groups is 1. The van der Waals surface area contributed by atoms with E-state index in [0.29, 0.717) is 25.5 Å². The Morgan fingerprint density at radius 3 is 2.44 bits per heavy atom. The van der Waals surface area contributed by atoms with E-state index in [0.717, 1.165) is 17.3 Å². The summed E-state index contributed by atoms with van der Waals surface area (Å²) in [6, 6.07) is 17.9. The Hall–Kier alpha value is -2.85. The molecule has 10 heteroatoms. The molecule has 1 fully saturated rings. The Morgan fingerprint density at radius 1 is 1.03 bits per heavy atom. The van der Waals surface area contributed by atoms with Crippen LogP contribution in [0.4, 0.5) is 5.69 Å². The number of rotatable bonds is 6. The Bertz CT molecular complexity index is 1420. The second-order valence-corrected chi connectivity index (χ2v) is 10.9. The maximum Gasteiger partial charge on any atom is 0.339 e. The lowest BCUT2D eigenvalue weighted by Gasteiger charge is -2.14. The molecule has 3 aromatic rings. The number of carbonyl (C=O) groups excluding carboxylic acids is 1. The van der Waals surface area contributed by atoms with Gasteiger partial charge in [-0.25, -0.2) is 0 Å². The first-order valence-corrected chi connectivity index (χ1v) is 12.9. The molecule has 0 aromatic heterocycles. The summed E-state index contributed by atoms with van der Waals surface area (Å²) >= 11 is 12.6. The summed E-state index contributed by atoms with van der Waals surface area (Å²) in [6.45, 7) is 1.86. The van der Waals surface area contributed by atoms with Crippen molar-refractivity contribution in [1.82, 2.24) is 0 Å². The number of hydrogen-bond acceptors (Lipinski definition) is 7. The van der Waals surface area contributed by atoms with Crippen LogP contribution >= 0.6 is 35.6 Å². The van der Waals surface area contributed by atoms with Crippen molar-refractivity contribution >= 4 is 67.7 Å². The molecule has 0 N–H and O–H groups in total. The van der Waals surface area contributed by atoms with Crippen LogP contribution in [0.15, 0.2) is 76.5 Å². The predicted octanol–water partition coefficient (Wildman–Crippen LogP) is 5.83. The van der Waals surface area contributed by atoms with Crippen LogP contribution in [0.3, 0.4) is 0 Å². The number of amides is 1. The molecule has 34 heavy (non-hydrogen) atoms. The molecular weight excluding hydrogens is 514 g/mol. The normalized spacial score (nSPS) is 15.1. The van der Waals surface area contributed by atoms with Gasteiger partial charge < -0.3 is 8.92 Å². The minimum atomic E-state index is -4.04. The number of benzene rings is 3. The number of anilines is 1. The summed E-state index contributed by atoms with van der Waals surface area (Å²) < 4.78 is 36.3. The third kappa shape index (κ3) is 5.12. The van der Waals surface area contributed by atoms with Crippen molar-refractivity contribution in [2.75, 3.05) is 12.0 Å². The number of nitrogens with zero attached hydrogens (tertiary/aromatic N) is 1. The fourth-order valence-electron chi connectivity index (χ4n) is 3.17. The quantitative estimate of drug-likeness (QED) is 0.225. The van der Waals surface area contributed by atoms with Gasteiger partial charge in [-0.15, -0.1) is 0 Å². The van der Waals surface area contributed by atoms with Crippen molar-refractivity contribution in [1.29, 1.82) is 0 Å². The number of halogens is 1. The van der Waals surface area contributed by atoms with E-state index in [9.17, 15) is 13.2 Å². The van der Waals surface area contributed by atoms with Crippen molar-refractivity contribution in [2.45, 2.75) is 11.8 Å². The molecule has 0 unspecified atom stereocenters. The highest BCUT2D eigenvalue weighted by atomic mass is 35.5. The van der Waals surface area contributed by atoms with Crippen molar-refractivity contribution < 1.29 is 22.1 Å². The molecular formula is C24H18ClNO5S3. The highest BCUT2D eigenvalue weighted by molar-refractivity contribution is 8.27. The molecule has 0 spiro atoms. The van der Waals surface area contributed by atoms with Gasteiger partial charge in [0.05, 0.1) is 17.7 Å². The average molecular weight is 532 g/mol. The van der Waals surface area contributed by atoms with Gasteiger partial charge in [-0.3, -0.25) is 9.69 Å². The summed E-state index contributed by atoms with van der Waals surface area (Å²) in [4.78, 5) is 14.9. The second kappa shape index (κ2) is 9.79. The largest absolute Gasteiger partial charge is 0.493 e. The molecule has 1 aliphatic rings. The lowest BCUT2D eigenvalue weighted by Crippen LogP contribution is -2.27. The van der Waals surface area contributed by atoms with Crippen LogP contribution in [0, 0.1) is 6.92 Å². The number of thioether (sulfide) groups is 1. The lowest BCUT2D eigenvalue weighted by molar-refractivity contribution is -0.113. The van der Waals surface area contributed by atoms with E-state index < -0.39 is 10.1 Å². The zero-order valence-electron chi connectivity index (χ0n) is 18.0. The molecule has 0 radical (unpaired) electrons. The number of thiocarbonyl (C=S) groups is 1. The van der Waals surface area contributed by atoms with Crippen molar-refractivity contribution in [3.8, 4) is 11.5 Å². The second-order valence-electron chi connectivity index (χ2n) is 7.26. The first kappa shape index (κ1) is 24.3. The van der Waals surface area contributed by atoms with Crippen LogP contribution in [-0.2, 0) is 14.9 Å². The van der Waals surface area contributed by atoms with E-state index >= 15 is 0 Å². The Kier molecular flexibility index (Phi) is 6.99. The zero-order valence-corrected chi connectivity index (χ0v) is 21.2. The summed E-state index contributed by atoms with van der Waals surface area (Å²) in [5, 5.41) is 0.497. The summed E-state index contributed by atoms with van der Waals surface area (Å²) in [6.07, 6.45) is 1.66. The van der Waals surface area contributed by atoms with Gasteiger partial charge in [-0.1, -0.05) is 65.4 Å². The number of aryl methyl sites for hydroxylation is 1. The first-order valence-electron chi connectivity index (χ1n) is 9.91. The molecule has 0 atom stereocenters. The van der Waals surface area contributed by atoms with Crippen LogP contribution in [0.25, 0.3) is 6.08 Å². The maximum absolute atomic E-state index is 13.0. The van der Waals surface area contributed by atoms with E-state index in [1.54, 1.807) is 54.6 Å². The molecule has 0 bridgehead atoms. The van der Waals surface area contributed by atoms with E-state index in [1.165, 1.54) is 30.2 Å². The van der Waals surface area contributed by atoms with E-state index in [-0.39, 0.29) is 22.3 Å². The Balaban J connectivity index is 1.60. The monoisotopic (exact) mass is 531 g/mol. The topological polar surface area (TPSA) is 72.9 Å². The molecule has 1 amide bonds. The van der Waals surface area contributed by atoms with Crippen molar-refractivity contribution in [2.24, 2.45) is 0 Å². The Morgan fingerprint density at radius 2 is 1.76 bits per heavy atom. The molecule has 1 heterocycles. The lowest BCUT2D eigenvalue weighted by atomic mass is 10.2. The number of ether oxygens (including phenoxy) is 1. The highest BCUT2D eigenvalue weighted by Gasteiger charge is 2.33. The standard InChI is InChI=1S/C24H18ClNO5S3/c1-15-6-9-19(10-7-15)34(28,29)31-20-11-8-16(12-21(20)30-2)13-22-23(27)26(24(32)33-22)18-5-3-4-17(25)14-18/h3-14H,1-2H3/b22-13+. The third-order valence-corrected chi connectivity index (χ3v) is 7.64. The Labute approximate surface area is 212 Å². The molecule has 1 saturated heterocycles. The van der Waals surface area contributed by atoms with Gasteiger partial charge in [0.2, 0.25) is 0 Å². The van der Waals surface area contributed by atoms with E-state index in [2.05, 4.69) is 0 Å². The highest BCUT2D eigenvalue weighted by Crippen LogP contribution is 2.38. The number of methoxy groups -OCH3 is 1. The zero-order chi connectivity index (χ0) is 24.5.